The van der Waals surface area contributed by atoms with Gasteiger partial charge in [-0.3, -0.25) is 0 Å². The molecule has 2 aromatic rings. The fraction of sp³-hybridized carbons (Fsp3) is 0.478. The van der Waals surface area contributed by atoms with E-state index in [2.05, 4.69) is 12.1 Å². The van der Waals surface area contributed by atoms with Gasteiger partial charge in [0.1, 0.15) is 0 Å². The highest BCUT2D eigenvalue weighted by Crippen LogP contribution is 2.40. The van der Waals surface area contributed by atoms with Gasteiger partial charge in [0, 0.05) is 12.5 Å². The predicted octanol–water partition coefficient (Wildman–Crippen LogP) is 3.42. The topological polar surface area (TPSA) is 58.9 Å². The van der Waals surface area contributed by atoms with Crippen molar-refractivity contribution in [1.82, 2.24) is 0 Å². The highest BCUT2D eigenvalue weighted by Gasteiger charge is 2.42. The average molecular weight is 370 g/mol. The molecule has 0 saturated heterocycles. The monoisotopic (exact) mass is 370 g/mol. The Morgan fingerprint density at radius 1 is 0.778 bits per heavy atom. The van der Waals surface area contributed by atoms with Crippen molar-refractivity contribution in [3.63, 3.8) is 0 Å². The minimum Gasteiger partial charge on any atom is -0.396 e. The van der Waals surface area contributed by atoms with Crippen LogP contribution in [0.15, 0.2) is 60.7 Å². The molecule has 0 bridgehead atoms. The van der Waals surface area contributed by atoms with Crippen LogP contribution in [0.5, 0.6) is 0 Å². The van der Waals surface area contributed by atoms with E-state index in [1.165, 1.54) is 0 Å². The summed E-state index contributed by atoms with van der Waals surface area (Å²) in [6, 6.07) is 20.2. The number of rotatable bonds is 10. The summed E-state index contributed by atoms with van der Waals surface area (Å²) in [6.07, 6.45) is 1.01. The molecule has 27 heavy (non-hydrogen) atoms. The van der Waals surface area contributed by atoms with Crippen LogP contribution in [-0.4, -0.2) is 36.1 Å². The Bertz CT molecular complexity index is 646. The molecule has 1 fully saturated rings. The summed E-state index contributed by atoms with van der Waals surface area (Å²) < 4.78 is 11.9. The first kappa shape index (κ1) is 20.0. The standard InChI is InChI=1S/C23H30O4/c24-12-11-20-13-23(25)22(17-27-15-19-9-5-2-6-10-19)21(20)16-26-14-18-7-3-1-4-8-18/h1-10,20-25H,11-17H2/t20-,21-,22-,23+/m0/s1. The van der Waals surface area contributed by atoms with Crippen LogP contribution >= 0.6 is 0 Å². The van der Waals surface area contributed by atoms with Crippen molar-refractivity contribution in [2.24, 2.45) is 17.8 Å². The van der Waals surface area contributed by atoms with Crippen molar-refractivity contribution in [2.45, 2.75) is 32.2 Å². The summed E-state index contributed by atoms with van der Waals surface area (Å²) in [5.41, 5.74) is 2.28. The third-order valence-corrected chi connectivity index (χ3v) is 5.54. The van der Waals surface area contributed by atoms with Crippen LogP contribution < -0.4 is 0 Å². The zero-order chi connectivity index (χ0) is 18.9. The van der Waals surface area contributed by atoms with Gasteiger partial charge in [-0.15, -0.1) is 0 Å². The summed E-state index contributed by atoms with van der Waals surface area (Å²) in [6.45, 7) is 2.35. The van der Waals surface area contributed by atoms with Gasteiger partial charge in [0.25, 0.3) is 0 Å². The molecule has 1 aliphatic carbocycles. The minimum atomic E-state index is -0.400. The van der Waals surface area contributed by atoms with E-state index in [-0.39, 0.29) is 24.4 Å². The highest BCUT2D eigenvalue weighted by atomic mass is 16.5. The van der Waals surface area contributed by atoms with Gasteiger partial charge in [-0.1, -0.05) is 60.7 Å². The molecule has 0 spiro atoms. The highest BCUT2D eigenvalue weighted by molar-refractivity contribution is 5.14. The van der Waals surface area contributed by atoms with Gasteiger partial charge in [0.2, 0.25) is 0 Å². The van der Waals surface area contributed by atoms with E-state index in [9.17, 15) is 10.2 Å². The Morgan fingerprint density at radius 3 is 1.81 bits per heavy atom. The lowest BCUT2D eigenvalue weighted by Gasteiger charge is -2.25. The molecule has 0 heterocycles. The fourth-order valence-corrected chi connectivity index (χ4v) is 4.06. The van der Waals surface area contributed by atoms with Crippen molar-refractivity contribution in [1.29, 1.82) is 0 Å². The fourth-order valence-electron chi connectivity index (χ4n) is 4.06. The van der Waals surface area contributed by atoms with Crippen molar-refractivity contribution < 1.29 is 19.7 Å². The maximum absolute atomic E-state index is 10.6. The molecule has 146 valence electrons. The number of ether oxygens (including phenoxy) is 2. The molecule has 4 heteroatoms. The Balaban J connectivity index is 1.54. The first-order valence-corrected chi connectivity index (χ1v) is 9.80. The van der Waals surface area contributed by atoms with Gasteiger partial charge in [-0.2, -0.15) is 0 Å². The predicted molar refractivity (Wildman–Crippen MR) is 105 cm³/mol. The zero-order valence-corrected chi connectivity index (χ0v) is 15.7. The van der Waals surface area contributed by atoms with Crippen LogP contribution in [-0.2, 0) is 22.7 Å². The van der Waals surface area contributed by atoms with Gasteiger partial charge < -0.3 is 19.7 Å². The van der Waals surface area contributed by atoms with E-state index in [0.29, 0.717) is 39.3 Å². The molecule has 0 unspecified atom stereocenters. The second-order valence-corrected chi connectivity index (χ2v) is 7.40. The van der Waals surface area contributed by atoms with E-state index < -0.39 is 6.10 Å². The number of aliphatic hydroxyl groups excluding tert-OH is 2. The molecular weight excluding hydrogens is 340 g/mol. The van der Waals surface area contributed by atoms with Gasteiger partial charge in [-0.05, 0) is 35.8 Å². The molecular formula is C23H30O4. The molecule has 4 nitrogen and oxygen atoms in total. The first-order valence-electron chi connectivity index (χ1n) is 9.80. The van der Waals surface area contributed by atoms with Crippen molar-refractivity contribution >= 4 is 0 Å². The molecule has 0 aromatic heterocycles. The summed E-state index contributed by atoms with van der Waals surface area (Å²) in [4.78, 5) is 0. The van der Waals surface area contributed by atoms with E-state index in [1.54, 1.807) is 0 Å². The molecule has 4 atom stereocenters. The summed E-state index contributed by atoms with van der Waals surface area (Å²) in [7, 11) is 0. The van der Waals surface area contributed by atoms with Crippen LogP contribution in [0.2, 0.25) is 0 Å². The van der Waals surface area contributed by atoms with Crippen LogP contribution in [0.1, 0.15) is 24.0 Å². The number of aliphatic hydroxyl groups is 2. The lowest BCUT2D eigenvalue weighted by Crippen LogP contribution is -2.29. The molecule has 1 aliphatic rings. The Morgan fingerprint density at radius 2 is 1.30 bits per heavy atom. The number of hydrogen-bond acceptors (Lipinski definition) is 4. The Labute approximate surface area is 161 Å². The zero-order valence-electron chi connectivity index (χ0n) is 15.7. The summed E-state index contributed by atoms with van der Waals surface area (Å²) >= 11 is 0. The van der Waals surface area contributed by atoms with E-state index >= 15 is 0 Å². The lowest BCUT2D eigenvalue weighted by molar-refractivity contribution is -0.00897. The summed E-state index contributed by atoms with van der Waals surface area (Å²) in [5.74, 6) is 0.513. The third kappa shape index (κ3) is 5.88. The molecule has 0 radical (unpaired) electrons. The first-order chi connectivity index (χ1) is 13.3. The molecule has 3 rings (SSSR count). The van der Waals surface area contributed by atoms with Gasteiger partial charge in [0.05, 0.1) is 32.5 Å². The van der Waals surface area contributed by atoms with Crippen molar-refractivity contribution in [2.75, 3.05) is 19.8 Å². The second-order valence-electron chi connectivity index (χ2n) is 7.40. The smallest absolute Gasteiger partial charge is 0.0717 e. The van der Waals surface area contributed by atoms with E-state index in [4.69, 9.17) is 9.47 Å². The van der Waals surface area contributed by atoms with Crippen LogP contribution in [0.4, 0.5) is 0 Å². The van der Waals surface area contributed by atoms with Gasteiger partial charge in [0.15, 0.2) is 0 Å². The van der Waals surface area contributed by atoms with Crippen molar-refractivity contribution in [3.8, 4) is 0 Å². The maximum atomic E-state index is 10.6. The number of hydrogen-bond donors (Lipinski definition) is 2. The minimum absolute atomic E-state index is 0.0426. The lowest BCUT2D eigenvalue weighted by atomic mass is 9.88. The molecule has 2 N–H and O–H groups in total. The normalized spacial score (nSPS) is 25.0. The maximum Gasteiger partial charge on any atom is 0.0717 e. The Kier molecular flexibility index (Phi) is 7.84. The quantitative estimate of drug-likeness (QED) is 0.673. The van der Waals surface area contributed by atoms with Crippen molar-refractivity contribution in [3.05, 3.63) is 71.8 Å². The number of benzene rings is 2. The van der Waals surface area contributed by atoms with Crippen LogP contribution in [0.25, 0.3) is 0 Å². The van der Waals surface area contributed by atoms with Gasteiger partial charge in [-0.25, -0.2) is 0 Å². The van der Waals surface area contributed by atoms with E-state index in [0.717, 1.165) is 11.1 Å². The van der Waals surface area contributed by atoms with Gasteiger partial charge >= 0.3 is 0 Å². The summed E-state index contributed by atoms with van der Waals surface area (Å²) in [5, 5.41) is 19.9. The Hall–Kier alpha value is -1.72. The second kappa shape index (κ2) is 10.6. The molecule has 1 saturated carbocycles. The van der Waals surface area contributed by atoms with Crippen LogP contribution in [0, 0.1) is 17.8 Å². The van der Waals surface area contributed by atoms with E-state index in [1.807, 2.05) is 48.5 Å². The third-order valence-electron chi connectivity index (χ3n) is 5.54. The molecule has 0 amide bonds. The molecule has 0 aliphatic heterocycles. The molecule has 2 aromatic carbocycles. The van der Waals surface area contributed by atoms with Crippen LogP contribution in [0.3, 0.4) is 0 Å². The SMILES string of the molecule is OCC[C@H]1C[C@@H](O)[C@@H](COCc2ccccc2)[C@H]1COCc1ccccc1. The largest absolute Gasteiger partial charge is 0.396 e. The average Bonchev–Trinajstić information content (AvgIpc) is 2.99.